The third-order valence-corrected chi connectivity index (χ3v) is 3.60. The third-order valence-electron chi connectivity index (χ3n) is 2.37. The lowest BCUT2D eigenvalue weighted by atomic mass is 10.0. The summed E-state index contributed by atoms with van der Waals surface area (Å²) in [5.74, 6) is -0.209. The van der Waals surface area contributed by atoms with Gasteiger partial charge in [-0.05, 0) is 18.4 Å². The van der Waals surface area contributed by atoms with Gasteiger partial charge in [0.2, 0.25) is 0 Å². The summed E-state index contributed by atoms with van der Waals surface area (Å²) in [7, 11) is 0. The summed E-state index contributed by atoms with van der Waals surface area (Å²) in [6.07, 6.45) is 8.61. The van der Waals surface area contributed by atoms with E-state index in [0.717, 1.165) is 18.4 Å². The first kappa shape index (κ1) is 13.8. The van der Waals surface area contributed by atoms with Gasteiger partial charge in [0, 0.05) is 0 Å². The van der Waals surface area contributed by atoms with E-state index in [1.165, 1.54) is 0 Å². The summed E-state index contributed by atoms with van der Waals surface area (Å²) < 4.78 is 4.48. The number of alkyl halides is 2. The molecule has 0 spiro atoms. The Bertz CT molecular complexity index is 308. The van der Waals surface area contributed by atoms with Crippen LogP contribution in [0.25, 0.3) is 0 Å². The van der Waals surface area contributed by atoms with E-state index in [1.54, 1.807) is 0 Å². The van der Waals surface area contributed by atoms with E-state index in [1.807, 2.05) is 18.2 Å². The standard InChI is InChI=1S/C12H16BrClO2/c1-2-3-8-16-11(15)9-10-6-4-5-7-12(10,13)14/h4-6H,2-3,7-9H2,1H3. The van der Waals surface area contributed by atoms with E-state index in [4.69, 9.17) is 16.3 Å². The van der Waals surface area contributed by atoms with E-state index in [-0.39, 0.29) is 12.4 Å². The first-order chi connectivity index (χ1) is 7.56. The summed E-state index contributed by atoms with van der Waals surface area (Å²) in [5, 5.41) is 0. The zero-order chi connectivity index (χ0) is 12.0. The van der Waals surface area contributed by atoms with Crippen LogP contribution in [0.1, 0.15) is 32.6 Å². The maximum absolute atomic E-state index is 11.5. The molecule has 0 N–H and O–H groups in total. The maximum atomic E-state index is 11.5. The molecule has 0 bridgehead atoms. The van der Waals surface area contributed by atoms with Crippen molar-refractivity contribution in [1.82, 2.24) is 0 Å². The second kappa shape index (κ2) is 6.45. The lowest BCUT2D eigenvalue weighted by Crippen LogP contribution is -2.20. The van der Waals surface area contributed by atoms with Crippen LogP contribution in [0.3, 0.4) is 0 Å². The molecule has 0 amide bonds. The maximum Gasteiger partial charge on any atom is 0.310 e. The van der Waals surface area contributed by atoms with Crippen molar-refractivity contribution >= 4 is 33.5 Å². The first-order valence-corrected chi connectivity index (χ1v) is 6.63. The molecule has 0 aromatic rings. The molecule has 2 nitrogen and oxygen atoms in total. The van der Waals surface area contributed by atoms with Gasteiger partial charge in [-0.25, -0.2) is 0 Å². The van der Waals surface area contributed by atoms with Gasteiger partial charge in [0.05, 0.1) is 13.0 Å². The van der Waals surface area contributed by atoms with Crippen LogP contribution in [-0.4, -0.2) is 16.4 Å². The third kappa shape index (κ3) is 4.30. The molecule has 0 aliphatic heterocycles. The molecule has 1 unspecified atom stereocenters. The zero-order valence-corrected chi connectivity index (χ0v) is 11.7. The van der Waals surface area contributed by atoms with Gasteiger partial charge in [-0.2, -0.15) is 0 Å². The number of carbonyl (C=O) groups excluding carboxylic acids is 1. The Labute approximate surface area is 110 Å². The number of hydrogen-bond acceptors (Lipinski definition) is 2. The minimum absolute atomic E-state index is 0.209. The van der Waals surface area contributed by atoms with Gasteiger partial charge >= 0.3 is 5.97 Å². The molecule has 0 saturated carbocycles. The Hall–Kier alpha value is -0.280. The highest BCUT2D eigenvalue weighted by atomic mass is 79.9. The van der Waals surface area contributed by atoms with E-state index in [2.05, 4.69) is 22.9 Å². The van der Waals surface area contributed by atoms with E-state index < -0.39 is 3.78 Å². The fourth-order valence-electron chi connectivity index (χ4n) is 1.38. The van der Waals surface area contributed by atoms with Crippen LogP contribution in [0.2, 0.25) is 0 Å². The number of carbonyl (C=O) groups is 1. The van der Waals surface area contributed by atoms with Gasteiger partial charge in [0.15, 0.2) is 0 Å². The van der Waals surface area contributed by atoms with Crippen molar-refractivity contribution in [2.45, 2.75) is 36.4 Å². The minimum Gasteiger partial charge on any atom is -0.465 e. The normalized spacial score (nSPS) is 24.1. The number of halogens is 2. The van der Waals surface area contributed by atoms with Gasteiger partial charge < -0.3 is 4.74 Å². The fourth-order valence-corrected chi connectivity index (χ4v) is 2.06. The average molecular weight is 308 g/mol. The molecule has 1 aliphatic rings. The Morgan fingerprint density at radius 2 is 2.44 bits per heavy atom. The van der Waals surface area contributed by atoms with Crippen molar-refractivity contribution < 1.29 is 9.53 Å². The Morgan fingerprint density at radius 3 is 3.06 bits per heavy atom. The van der Waals surface area contributed by atoms with Crippen LogP contribution in [0.4, 0.5) is 0 Å². The monoisotopic (exact) mass is 306 g/mol. The highest BCUT2D eigenvalue weighted by Crippen LogP contribution is 2.40. The van der Waals surface area contributed by atoms with Crippen LogP contribution in [0, 0.1) is 0 Å². The highest BCUT2D eigenvalue weighted by Gasteiger charge is 2.30. The number of allylic oxidation sites excluding steroid dienone is 3. The number of ether oxygens (including phenoxy) is 1. The van der Waals surface area contributed by atoms with Gasteiger partial charge in [-0.3, -0.25) is 4.79 Å². The molecule has 0 aromatic heterocycles. The Morgan fingerprint density at radius 1 is 1.69 bits per heavy atom. The summed E-state index contributed by atoms with van der Waals surface area (Å²) in [6.45, 7) is 2.56. The smallest absolute Gasteiger partial charge is 0.310 e. The topological polar surface area (TPSA) is 26.3 Å². The average Bonchev–Trinajstić information content (AvgIpc) is 2.21. The molecule has 1 aliphatic carbocycles. The molecule has 4 heteroatoms. The van der Waals surface area contributed by atoms with Crippen molar-refractivity contribution in [2.24, 2.45) is 0 Å². The van der Waals surface area contributed by atoms with Crippen LogP contribution < -0.4 is 0 Å². The lowest BCUT2D eigenvalue weighted by Gasteiger charge is -2.24. The van der Waals surface area contributed by atoms with Crippen LogP contribution in [0.5, 0.6) is 0 Å². The van der Waals surface area contributed by atoms with Crippen molar-refractivity contribution in [3.63, 3.8) is 0 Å². The molecule has 0 fully saturated rings. The van der Waals surface area contributed by atoms with Gasteiger partial charge in [0.25, 0.3) is 0 Å². The van der Waals surface area contributed by atoms with Crippen LogP contribution in [-0.2, 0) is 9.53 Å². The summed E-state index contributed by atoms with van der Waals surface area (Å²) in [6, 6.07) is 0. The largest absolute Gasteiger partial charge is 0.465 e. The Kier molecular flexibility index (Phi) is 5.56. The quantitative estimate of drug-likeness (QED) is 0.437. The molecule has 16 heavy (non-hydrogen) atoms. The highest BCUT2D eigenvalue weighted by molar-refractivity contribution is 9.10. The zero-order valence-electron chi connectivity index (χ0n) is 9.34. The molecular weight excluding hydrogens is 291 g/mol. The van der Waals surface area contributed by atoms with Gasteiger partial charge in [0.1, 0.15) is 3.78 Å². The molecule has 1 rings (SSSR count). The predicted molar refractivity (Wildman–Crippen MR) is 69.8 cm³/mol. The molecule has 0 saturated heterocycles. The molecule has 1 atom stereocenters. The minimum atomic E-state index is -0.620. The van der Waals surface area contributed by atoms with Crippen molar-refractivity contribution in [1.29, 1.82) is 0 Å². The van der Waals surface area contributed by atoms with Crippen LogP contribution in [0.15, 0.2) is 23.8 Å². The van der Waals surface area contributed by atoms with E-state index >= 15 is 0 Å². The first-order valence-electron chi connectivity index (χ1n) is 5.46. The fraction of sp³-hybridized carbons (Fsp3) is 0.583. The number of rotatable bonds is 5. The predicted octanol–water partition coefficient (Wildman–Crippen LogP) is 3.94. The van der Waals surface area contributed by atoms with Crippen molar-refractivity contribution in [3.05, 3.63) is 23.8 Å². The lowest BCUT2D eigenvalue weighted by molar-refractivity contribution is -0.142. The molecule has 0 radical (unpaired) electrons. The molecule has 0 aromatic carbocycles. The van der Waals surface area contributed by atoms with Crippen molar-refractivity contribution in [2.75, 3.05) is 6.61 Å². The Balaban J connectivity index is 2.44. The second-order valence-electron chi connectivity index (χ2n) is 3.78. The van der Waals surface area contributed by atoms with E-state index in [0.29, 0.717) is 13.0 Å². The second-order valence-corrected chi connectivity index (χ2v) is 6.23. The number of esters is 1. The number of hydrogen-bond donors (Lipinski definition) is 0. The molecular formula is C12H16BrClO2. The summed E-state index contributed by atoms with van der Waals surface area (Å²) in [4.78, 5) is 11.5. The van der Waals surface area contributed by atoms with Crippen LogP contribution >= 0.6 is 27.5 Å². The van der Waals surface area contributed by atoms with Crippen molar-refractivity contribution in [3.8, 4) is 0 Å². The van der Waals surface area contributed by atoms with Gasteiger partial charge in [-0.15, -0.1) is 11.6 Å². The summed E-state index contributed by atoms with van der Waals surface area (Å²) >= 11 is 9.64. The van der Waals surface area contributed by atoms with Gasteiger partial charge in [-0.1, -0.05) is 47.5 Å². The molecule has 90 valence electrons. The van der Waals surface area contributed by atoms with E-state index in [9.17, 15) is 4.79 Å². The molecule has 0 heterocycles. The summed E-state index contributed by atoms with van der Waals surface area (Å²) in [5.41, 5.74) is 0.859. The number of unbranched alkanes of at least 4 members (excludes halogenated alkanes) is 1. The SMILES string of the molecule is CCCCOC(=O)CC1=CC=CCC1(Cl)Br.